The highest BCUT2D eigenvalue weighted by atomic mass is 19.1. The number of carbonyl (C=O) groups is 1. The Bertz CT molecular complexity index is 1430. The van der Waals surface area contributed by atoms with Crippen molar-refractivity contribution in [2.24, 2.45) is 5.41 Å². The van der Waals surface area contributed by atoms with Gasteiger partial charge in [0.2, 0.25) is 5.91 Å². The van der Waals surface area contributed by atoms with E-state index in [2.05, 4.69) is 53.6 Å². The number of hydrogen-bond donors (Lipinski definition) is 3. The lowest BCUT2D eigenvalue weighted by molar-refractivity contribution is -0.129. The molecule has 1 aliphatic rings. The monoisotopic (exact) mass is 546 g/mol. The summed E-state index contributed by atoms with van der Waals surface area (Å²) in [6, 6.07) is 9.61. The molecule has 3 aromatic rings. The topological polar surface area (TPSA) is 60.2 Å². The van der Waals surface area contributed by atoms with Gasteiger partial charge in [0, 0.05) is 43.3 Å². The molecule has 2 heterocycles. The van der Waals surface area contributed by atoms with Gasteiger partial charge in [0.1, 0.15) is 17.2 Å². The first kappa shape index (κ1) is 29.3. The first-order valence-corrected chi connectivity index (χ1v) is 13.9. The molecule has 0 spiro atoms. The van der Waals surface area contributed by atoms with Gasteiger partial charge in [0.25, 0.3) is 0 Å². The molecule has 5 nitrogen and oxygen atoms in total. The molecule has 1 saturated heterocycles. The van der Waals surface area contributed by atoms with Gasteiger partial charge < -0.3 is 20.5 Å². The molecule has 4 rings (SSSR count). The number of benzene rings is 2. The van der Waals surface area contributed by atoms with Crippen molar-refractivity contribution in [1.29, 1.82) is 0 Å². The number of nitrogens with zero attached hydrogens (tertiary/aromatic N) is 1. The number of aromatic nitrogens is 1. The van der Waals surface area contributed by atoms with E-state index < -0.39 is 5.54 Å². The second-order valence-electron chi connectivity index (χ2n) is 12.0. The van der Waals surface area contributed by atoms with Crippen LogP contribution < -0.4 is 10.6 Å². The van der Waals surface area contributed by atoms with Crippen molar-refractivity contribution in [3.8, 4) is 0 Å². The molecule has 3 N–H and O–H groups in total. The summed E-state index contributed by atoms with van der Waals surface area (Å²) in [5.41, 5.74) is 6.13. The summed E-state index contributed by atoms with van der Waals surface area (Å²) in [7, 11) is 0. The molecule has 0 radical (unpaired) electrons. The highest BCUT2D eigenvalue weighted by Crippen LogP contribution is 2.27. The first-order chi connectivity index (χ1) is 19.0. The average molecular weight is 547 g/mol. The largest absolute Gasteiger partial charge is 0.365 e. The van der Waals surface area contributed by atoms with Crippen LogP contribution in [-0.4, -0.2) is 47.5 Å². The van der Waals surface area contributed by atoms with Gasteiger partial charge in [0.05, 0.1) is 5.70 Å². The Morgan fingerprint density at radius 3 is 2.60 bits per heavy atom. The Hall–Kier alpha value is -3.67. The van der Waals surface area contributed by atoms with Crippen LogP contribution in [0.4, 0.5) is 8.78 Å². The smallest absolute Gasteiger partial charge is 0.245 e. The number of halogens is 2. The standard InChI is InChI=1S/C33H40F2N4O/c1-6-27(10-7-24-8-11-29(35)23(2)19-24)38-33(14-17-39(18-15-33)22-32(3,4)5)31(40)36-16-13-25-21-37-30-12-9-26(34)20-28(25)30/h7-12,19-21,37-38H,1,13-18,22H2,2-5H3,(H,36,40)/b10-7+. The number of nitrogens with one attached hydrogen (secondary N) is 3. The Labute approximate surface area is 236 Å². The number of aryl methyl sites for hydroxylation is 1. The minimum absolute atomic E-state index is 0.0762. The van der Waals surface area contributed by atoms with Crippen molar-refractivity contribution in [1.82, 2.24) is 20.5 Å². The maximum atomic E-state index is 13.8. The SMILES string of the molecule is C=C=C(/C=C/c1ccc(F)c(C)c1)NC1(C(=O)NCCc2c[nH]c3ccc(F)cc23)CCN(CC(C)(C)C)CC1. The van der Waals surface area contributed by atoms with Crippen LogP contribution in [0.15, 0.2) is 66.7 Å². The Morgan fingerprint density at radius 2 is 1.93 bits per heavy atom. The van der Waals surface area contributed by atoms with Crippen molar-refractivity contribution in [3.05, 3.63) is 95.0 Å². The first-order valence-electron chi connectivity index (χ1n) is 13.9. The molecule has 1 aromatic heterocycles. The number of H-pyrrole nitrogens is 1. The lowest BCUT2D eigenvalue weighted by Gasteiger charge is -2.43. The highest BCUT2D eigenvalue weighted by molar-refractivity contribution is 5.87. The predicted octanol–water partition coefficient (Wildman–Crippen LogP) is 6.27. The van der Waals surface area contributed by atoms with Crippen molar-refractivity contribution < 1.29 is 13.6 Å². The van der Waals surface area contributed by atoms with E-state index in [1.54, 1.807) is 25.1 Å². The molecule has 0 saturated carbocycles. The molecule has 0 atom stereocenters. The maximum Gasteiger partial charge on any atom is 0.245 e. The Kier molecular flexibility index (Phi) is 8.97. The molecule has 1 aliphatic heterocycles. The van der Waals surface area contributed by atoms with Crippen molar-refractivity contribution >= 4 is 22.9 Å². The zero-order valence-corrected chi connectivity index (χ0v) is 24.0. The van der Waals surface area contributed by atoms with Crippen molar-refractivity contribution in [2.75, 3.05) is 26.2 Å². The van der Waals surface area contributed by atoms with E-state index in [1.165, 1.54) is 18.2 Å². The van der Waals surface area contributed by atoms with E-state index in [4.69, 9.17) is 0 Å². The normalized spacial score (nSPS) is 15.8. The molecular weight excluding hydrogens is 506 g/mol. The molecule has 1 fully saturated rings. The Morgan fingerprint density at radius 1 is 1.18 bits per heavy atom. The molecule has 1 amide bonds. The van der Waals surface area contributed by atoms with Crippen LogP contribution in [0.3, 0.4) is 0 Å². The van der Waals surface area contributed by atoms with Gasteiger partial charge in [-0.15, -0.1) is 5.73 Å². The lowest BCUT2D eigenvalue weighted by Crippen LogP contribution is -2.62. The van der Waals surface area contributed by atoms with E-state index in [9.17, 15) is 13.6 Å². The van der Waals surface area contributed by atoms with Gasteiger partial charge in [-0.05, 0) is 84.7 Å². The molecule has 2 aromatic carbocycles. The van der Waals surface area contributed by atoms with Gasteiger partial charge in [0.15, 0.2) is 0 Å². The van der Waals surface area contributed by atoms with Gasteiger partial charge in [-0.3, -0.25) is 4.79 Å². The van der Waals surface area contributed by atoms with E-state index >= 15 is 0 Å². The zero-order chi connectivity index (χ0) is 28.9. The number of rotatable bonds is 9. The van der Waals surface area contributed by atoms with Gasteiger partial charge in [-0.2, -0.15) is 0 Å². The van der Waals surface area contributed by atoms with Crippen LogP contribution in [0.2, 0.25) is 0 Å². The predicted molar refractivity (Wildman–Crippen MR) is 159 cm³/mol. The number of aromatic amines is 1. The summed E-state index contributed by atoms with van der Waals surface area (Å²) in [5.74, 6) is -0.604. The molecule has 0 unspecified atom stereocenters. The quantitative estimate of drug-likeness (QED) is 0.219. The molecule has 212 valence electrons. The fraction of sp³-hybridized carbons (Fsp3) is 0.394. The number of allylic oxidation sites excluding steroid dienone is 1. The van der Waals surface area contributed by atoms with E-state index in [-0.39, 0.29) is 23.0 Å². The van der Waals surface area contributed by atoms with E-state index in [0.29, 0.717) is 37.1 Å². The molecule has 0 aliphatic carbocycles. The second kappa shape index (κ2) is 12.2. The van der Waals surface area contributed by atoms with Crippen LogP contribution in [-0.2, 0) is 11.2 Å². The fourth-order valence-electron chi connectivity index (χ4n) is 5.36. The molecule has 40 heavy (non-hydrogen) atoms. The summed E-state index contributed by atoms with van der Waals surface area (Å²) in [5, 5.41) is 7.43. The second-order valence-corrected chi connectivity index (χ2v) is 12.0. The lowest BCUT2D eigenvalue weighted by atomic mass is 9.84. The summed E-state index contributed by atoms with van der Waals surface area (Å²) >= 11 is 0. The third-order valence-corrected chi connectivity index (χ3v) is 7.44. The van der Waals surface area contributed by atoms with E-state index in [0.717, 1.165) is 41.7 Å². The summed E-state index contributed by atoms with van der Waals surface area (Å²) in [6.07, 6.45) is 7.40. The van der Waals surface area contributed by atoms with Crippen molar-refractivity contribution in [2.45, 2.75) is 52.5 Å². The van der Waals surface area contributed by atoms with Gasteiger partial charge in [-0.25, -0.2) is 8.78 Å². The minimum Gasteiger partial charge on any atom is -0.365 e. The van der Waals surface area contributed by atoms with E-state index in [1.807, 2.05) is 18.3 Å². The number of fused-ring (bicyclic) bond motifs is 1. The summed E-state index contributed by atoms with van der Waals surface area (Å²) in [6.45, 7) is 15.2. The number of piperidine rings is 1. The molecular formula is C33H40F2N4O. The highest BCUT2D eigenvalue weighted by Gasteiger charge is 2.42. The van der Waals surface area contributed by atoms with Crippen LogP contribution in [0.5, 0.6) is 0 Å². The summed E-state index contributed by atoms with van der Waals surface area (Å²) in [4.78, 5) is 19.4. The maximum absolute atomic E-state index is 13.8. The van der Waals surface area contributed by atoms with Crippen LogP contribution in [0.1, 0.15) is 50.3 Å². The summed E-state index contributed by atoms with van der Waals surface area (Å²) < 4.78 is 27.5. The molecule has 0 bridgehead atoms. The van der Waals surface area contributed by atoms with Crippen LogP contribution in [0.25, 0.3) is 17.0 Å². The van der Waals surface area contributed by atoms with Crippen molar-refractivity contribution in [3.63, 3.8) is 0 Å². The molecule has 7 heteroatoms. The zero-order valence-electron chi connectivity index (χ0n) is 24.0. The number of carbonyl (C=O) groups excluding carboxylic acids is 1. The number of amides is 1. The average Bonchev–Trinajstić information content (AvgIpc) is 3.30. The minimum atomic E-state index is -0.830. The van der Waals surface area contributed by atoms with Gasteiger partial charge >= 0.3 is 0 Å². The number of likely N-dealkylation sites (tertiary alicyclic amines) is 1. The Balaban J connectivity index is 1.48. The third-order valence-electron chi connectivity index (χ3n) is 7.44. The van der Waals surface area contributed by atoms with Crippen LogP contribution >= 0.6 is 0 Å². The third kappa shape index (κ3) is 7.29. The van der Waals surface area contributed by atoms with Gasteiger partial charge in [-0.1, -0.05) is 39.5 Å². The number of hydrogen-bond acceptors (Lipinski definition) is 3. The van der Waals surface area contributed by atoms with Crippen LogP contribution in [0, 0.1) is 24.0 Å². The fourth-order valence-corrected chi connectivity index (χ4v) is 5.36.